The van der Waals surface area contributed by atoms with Gasteiger partial charge in [-0.05, 0) is 31.1 Å². The van der Waals surface area contributed by atoms with Crippen LogP contribution >= 0.6 is 0 Å². The summed E-state index contributed by atoms with van der Waals surface area (Å²) in [6.45, 7) is 0. The van der Waals surface area contributed by atoms with E-state index in [2.05, 4.69) is 48.6 Å². The lowest BCUT2D eigenvalue weighted by Crippen LogP contribution is -2.06. The van der Waals surface area contributed by atoms with Crippen molar-refractivity contribution in [1.82, 2.24) is 0 Å². The second kappa shape index (κ2) is 4.27. The molecule has 0 bridgehead atoms. The molecule has 13 heavy (non-hydrogen) atoms. The maximum Gasteiger partial charge on any atom is -0.0190 e. The first kappa shape index (κ1) is 8.55. The van der Waals surface area contributed by atoms with Crippen molar-refractivity contribution in [2.24, 2.45) is 11.8 Å². The van der Waals surface area contributed by atoms with E-state index in [1.807, 2.05) is 0 Å². The molecule has 0 aromatic rings. The molecule has 2 rings (SSSR count). The fourth-order valence-electron chi connectivity index (χ4n) is 2.00. The van der Waals surface area contributed by atoms with Gasteiger partial charge in [-0.2, -0.15) is 0 Å². The van der Waals surface area contributed by atoms with E-state index in [4.69, 9.17) is 0 Å². The Kier molecular flexibility index (Phi) is 2.81. The Morgan fingerprint density at radius 1 is 0.769 bits per heavy atom. The summed E-state index contributed by atoms with van der Waals surface area (Å²) in [5, 5.41) is 0. The largest absolute Gasteiger partial charge is 0.0840 e. The number of hydrogen-bond donors (Lipinski definition) is 0. The summed E-state index contributed by atoms with van der Waals surface area (Å²) in [5.74, 6) is 1.54. The third-order valence-electron chi connectivity index (χ3n) is 2.74. The second-order valence-electron chi connectivity index (χ2n) is 3.85. The zero-order chi connectivity index (χ0) is 8.93. The average molecular weight is 172 g/mol. The quantitative estimate of drug-likeness (QED) is 0.596. The summed E-state index contributed by atoms with van der Waals surface area (Å²) in [6.07, 6.45) is 21.6. The minimum atomic E-state index is 0.770. The summed E-state index contributed by atoms with van der Waals surface area (Å²) in [5.41, 5.74) is 0. The van der Waals surface area contributed by atoms with E-state index in [9.17, 15) is 0 Å². The molecule has 0 heterocycles. The molecule has 68 valence electrons. The molecule has 2 aliphatic carbocycles. The van der Waals surface area contributed by atoms with Crippen molar-refractivity contribution in [3.05, 3.63) is 48.6 Å². The van der Waals surface area contributed by atoms with Crippen LogP contribution in [0.2, 0.25) is 0 Å². The van der Waals surface area contributed by atoms with E-state index in [-0.39, 0.29) is 0 Å². The highest BCUT2D eigenvalue weighted by atomic mass is 14.2. The minimum absolute atomic E-state index is 0.770. The summed E-state index contributed by atoms with van der Waals surface area (Å²) >= 11 is 0. The van der Waals surface area contributed by atoms with E-state index in [0.717, 1.165) is 11.8 Å². The molecule has 0 fully saturated rings. The number of allylic oxidation sites excluding steroid dienone is 8. The van der Waals surface area contributed by atoms with Crippen molar-refractivity contribution in [3.63, 3.8) is 0 Å². The van der Waals surface area contributed by atoms with Gasteiger partial charge in [0.25, 0.3) is 0 Å². The van der Waals surface area contributed by atoms with Gasteiger partial charge in [0.1, 0.15) is 0 Å². The first-order chi connectivity index (χ1) is 6.45. The van der Waals surface area contributed by atoms with Crippen molar-refractivity contribution in [2.45, 2.75) is 19.3 Å². The molecular formula is C13H16. The predicted octanol–water partition coefficient (Wildman–Crippen LogP) is 3.64. The van der Waals surface area contributed by atoms with Crippen LogP contribution in [0.4, 0.5) is 0 Å². The Morgan fingerprint density at radius 3 is 1.69 bits per heavy atom. The summed E-state index contributed by atoms with van der Waals surface area (Å²) < 4.78 is 0. The van der Waals surface area contributed by atoms with Gasteiger partial charge >= 0.3 is 0 Å². The van der Waals surface area contributed by atoms with Crippen LogP contribution in [0.5, 0.6) is 0 Å². The Hall–Kier alpha value is -1.04. The molecule has 0 N–H and O–H groups in total. The van der Waals surface area contributed by atoms with Crippen LogP contribution in [0.25, 0.3) is 0 Å². The highest BCUT2D eigenvalue weighted by Crippen LogP contribution is 2.25. The second-order valence-corrected chi connectivity index (χ2v) is 3.85. The van der Waals surface area contributed by atoms with Gasteiger partial charge in [0.2, 0.25) is 0 Å². The van der Waals surface area contributed by atoms with Gasteiger partial charge in [-0.3, -0.25) is 0 Å². The van der Waals surface area contributed by atoms with E-state index in [1.54, 1.807) is 0 Å². The third-order valence-corrected chi connectivity index (χ3v) is 2.74. The highest BCUT2D eigenvalue weighted by Gasteiger charge is 2.12. The summed E-state index contributed by atoms with van der Waals surface area (Å²) in [4.78, 5) is 0. The summed E-state index contributed by atoms with van der Waals surface area (Å²) in [6, 6.07) is 0. The van der Waals surface area contributed by atoms with Crippen molar-refractivity contribution >= 4 is 0 Å². The fraction of sp³-hybridized carbons (Fsp3) is 0.385. The number of hydrogen-bond acceptors (Lipinski definition) is 0. The maximum absolute atomic E-state index is 2.34. The molecule has 0 aliphatic heterocycles. The third kappa shape index (κ3) is 2.45. The monoisotopic (exact) mass is 172 g/mol. The molecule has 0 nitrogen and oxygen atoms in total. The topological polar surface area (TPSA) is 0 Å². The Morgan fingerprint density at radius 2 is 1.31 bits per heavy atom. The lowest BCUT2D eigenvalue weighted by molar-refractivity contribution is 0.484. The maximum atomic E-state index is 2.34. The van der Waals surface area contributed by atoms with Gasteiger partial charge < -0.3 is 0 Å². The van der Waals surface area contributed by atoms with Crippen molar-refractivity contribution in [1.29, 1.82) is 0 Å². The molecule has 2 aliphatic rings. The molecule has 0 spiro atoms. The van der Waals surface area contributed by atoms with Crippen LogP contribution < -0.4 is 0 Å². The van der Waals surface area contributed by atoms with Gasteiger partial charge in [-0.1, -0.05) is 48.6 Å². The molecule has 0 amide bonds. The molecule has 0 saturated carbocycles. The molecule has 0 heteroatoms. The normalized spacial score (nSPS) is 31.1. The van der Waals surface area contributed by atoms with E-state index < -0.39 is 0 Å². The first-order valence-corrected chi connectivity index (χ1v) is 5.12. The van der Waals surface area contributed by atoms with Crippen molar-refractivity contribution < 1.29 is 0 Å². The molecule has 0 aromatic carbocycles. The predicted molar refractivity (Wildman–Crippen MR) is 57.4 cm³/mol. The molecule has 2 unspecified atom stereocenters. The van der Waals surface area contributed by atoms with E-state index in [0.29, 0.717) is 0 Å². The molecule has 0 saturated heterocycles. The molecule has 2 atom stereocenters. The molecular weight excluding hydrogens is 156 g/mol. The first-order valence-electron chi connectivity index (χ1n) is 5.12. The van der Waals surface area contributed by atoms with Crippen molar-refractivity contribution in [2.75, 3.05) is 0 Å². The average Bonchev–Trinajstić information content (AvgIpc) is 2.21. The lowest BCUT2D eigenvalue weighted by atomic mass is 9.86. The Balaban J connectivity index is 1.84. The van der Waals surface area contributed by atoms with Gasteiger partial charge in [-0.25, -0.2) is 0 Å². The van der Waals surface area contributed by atoms with Crippen LogP contribution in [0.15, 0.2) is 48.6 Å². The van der Waals surface area contributed by atoms with Gasteiger partial charge in [0.15, 0.2) is 0 Å². The summed E-state index contributed by atoms with van der Waals surface area (Å²) in [7, 11) is 0. The van der Waals surface area contributed by atoms with E-state index >= 15 is 0 Å². The molecule has 0 aromatic heterocycles. The van der Waals surface area contributed by atoms with Gasteiger partial charge in [-0.15, -0.1) is 0 Å². The Labute approximate surface area is 80.3 Å². The smallest absolute Gasteiger partial charge is 0.0190 e. The SMILES string of the molecule is C1=CCC(CC2C=CC=CC2)C=C1. The van der Waals surface area contributed by atoms with Crippen LogP contribution in [0.1, 0.15) is 19.3 Å². The zero-order valence-electron chi connectivity index (χ0n) is 7.89. The fourth-order valence-corrected chi connectivity index (χ4v) is 2.00. The minimum Gasteiger partial charge on any atom is -0.0840 e. The van der Waals surface area contributed by atoms with Gasteiger partial charge in [0, 0.05) is 0 Å². The van der Waals surface area contributed by atoms with Crippen LogP contribution in [-0.2, 0) is 0 Å². The van der Waals surface area contributed by atoms with Crippen LogP contribution in [0.3, 0.4) is 0 Å². The highest BCUT2D eigenvalue weighted by molar-refractivity contribution is 5.14. The van der Waals surface area contributed by atoms with Gasteiger partial charge in [0.05, 0.1) is 0 Å². The molecule has 0 radical (unpaired) electrons. The van der Waals surface area contributed by atoms with Crippen LogP contribution in [0, 0.1) is 11.8 Å². The van der Waals surface area contributed by atoms with Crippen LogP contribution in [-0.4, -0.2) is 0 Å². The standard InChI is InChI=1S/C13H16/c1-3-7-12(8-4-1)11-13-9-5-2-6-10-13/h1-7,9,12-13H,8,10-11H2. The zero-order valence-corrected chi connectivity index (χ0v) is 7.89. The van der Waals surface area contributed by atoms with Crippen molar-refractivity contribution in [3.8, 4) is 0 Å². The Bertz CT molecular complexity index is 238. The van der Waals surface area contributed by atoms with E-state index in [1.165, 1.54) is 19.3 Å². The lowest BCUT2D eigenvalue weighted by Gasteiger charge is -2.19. The number of rotatable bonds is 2.